The van der Waals surface area contributed by atoms with Crippen LogP contribution in [0.25, 0.3) is 0 Å². The summed E-state index contributed by atoms with van der Waals surface area (Å²) in [5, 5.41) is 0. The minimum absolute atomic E-state index is 0.342. The highest BCUT2D eigenvalue weighted by Gasteiger charge is 2.26. The second-order valence-corrected chi connectivity index (χ2v) is 5.73. The maximum Gasteiger partial charge on any atom is 0.313 e. The molecule has 1 rings (SSSR count). The molecule has 0 amide bonds. The molecule has 0 fully saturated rings. The van der Waals surface area contributed by atoms with Crippen molar-refractivity contribution in [1.29, 1.82) is 0 Å². The molecule has 0 N–H and O–H groups in total. The zero-order chi connectivity index (χ0) is 14.1. The summed E-state index contributed by atoms with van der Waals surface area (Å²) in [5.74, 6) is -1.33. The molecule has 2 nitrogen and oxygen atoms in total. The van der Waals surface area contributed by atoms with Gasteiger partial charge in [0, 0.05) is 5.56 Å². The predicted molar refractivity (Wildman–Crippen MR) is 70.1 cm³/mol. The Morgan fingerprint density at radius 1 is 1.28 bits per heavy atom. The van der Waals surface area contributed by atoms with Crippen LogP contribution in [0, 0.1) is 19.7 Å². The highest BCUT2D eigenvalue weighted by Crippen LogP contribution is 2.26. The van der Waals surface area contributed by atoms with Gasteiger partial charge in [0.15, 0.2) is 0 Å². The summed E-state index contributed by atoms with van der Waals surface area (Å²) in [7, 11) is 0. The summed E-state index contributed by atoms with van der Waals surface area (Å²) >= 11 is 0. The number of benzene rings is 1. The highest BCUT2D eigenvalue weighted by atomic mass is 19.1. The minimum Gasteiger partial charge on any atom is -0.460 e. The first-order chi connectivity index (χ1) is 8.11. The van der Waals surface area contributed by atoms with E-state index in [9.17, 15) is 9.18 Å². The molecule has 1 aromatic carbocycles. The lowest BCUT2D eigenvalue weighted by Gasteiger charge is -2.23. The third kappa shape index (κ3) is 3.56. The van der Waals surface area contributed by atoms with Crippen LogP contribution in [0.3, 0.4) is 0 Å². The first-order valence-corrected chi connectivity index (χ1v) is 6.11. The van der Waals surface area contributed by atoms with Crippen molar-refractivity contribution in [3.05, 3.63) is 34.6 Å². The van der Waals surface area contributed by atoms with Gasteiger partial charge in [-0.2, -0.15) is 0 Å². The van der Waals surface area contributed by atoms with Crippen LogP contribution >= 0.6 is 0 Å². The van der Waals surface area contributed by atoms with Gasteiger partial charge in [0.2, 0.25) is 0 Å². The molecule has 1 aromatic rings. The van der Waals surface area contributed by atoms with Gasteiger partial charge in [0.25, 0.3) is 0 Å². The molecule has 0 saturated heterocycles. The van der Waals surface area contributed by atoms with E-state index in [0.717, 1.165) is 11.1 Å². The average Bonchev–Trinajstić information content (AvgIpc) is 2.12. The lowest BCUT2D eigenvalue weighted by molar-refractivity contribution is -0.156. The number of esters is 1. The molecule has 1 unspecified atom stereocenters. The Kier molecular flexibility index (Phi) is 4.15. The molecule has 3 heteroatoms. The van der Waals surface area contributed by atoms with E-state index in [-0.39, 0.29) is 5.82 Å². The van der Waals surface area contributed by atoms with Gasteiger partial charge in [-0.3, -0.25) is 4.79 Å². The molecule has 100 valence electrons. The van der Waals surface area contributed by atoms with Crippen LogP contribution in [0.1, 0.15) is 50.3 Å². The van der Waals surface area contributed by atoms with Crippen LogP contribution in [0.2, 0.25) is 0 Å². The SMILES string of the molecule is Cc1cc(C)c(C(C)C(=O)OC(C)(C)C)c(F)c1. The van der Waals surface area contributed by atoms with Gasteiger partial charge in [0.05, 0.1) is 5.92 Å². The van der Waals surface area contributed by atoms with Crippen molar-refractivity contribution in [2.24, 2.45) is 0 Å². The van der Waals surface area contributed by atoms with Crippen LogP contribution in [0.5, 0.6) is 0 Å². The van der Waals surface area contributed by atoms with E-state index in [1.165, 1.54) is 6.07 Å². The largest absolute Gasteiger partial charge is 0.460 e. The summed E-state index contributed by atoms with van der Waals surface area (Å²) < 4.78 is 19.2. The number of hydrogen-bond donors (Lipinski definition) is 0. The zero-order valence-electron chi connectivity index (χ0n) is 11.9. The molecule has 18 heavy (non-hydrogen) atoms. The summed E-state index contributed by atoms with van der Waals surface area (Å²) in [6.45, 7) is 10.7. The molecule has 0 aliphatic rings. The van der Waals surface area contributed by atoms with Gasteiger partial charge >= 0.3 is 5.97 Å². The van der Waals surface area contributed by atoms with Crippen molar-refractivity contribution < 1.29 is 13.9 Å². The molecular weight excluding hydrogens is 231 g/mol. The number of halogens is 1. The molecule has 0 heterocycles. The number of hydrogen-bond acceptors (Lipinski definition) is 2. The summed E-state index contributed by atoms with van der Waals surface area (Å²) in [6.07, 6.45) is 0. The van der Waals surface area contributed by atoms with Crippen molar-refractivity contribution in [2.45, 2.75) is 53.1 Å². The number of carbonyl (C=O) groups excluding carboxylic acids is 1. The van der Waals surface area contributed by atoms with E-state index in [0.29, 0.717) is 5.56 Å². The Balaban J connectivity index is 3.04. The third-order valence-corrected chi connectivity index (χ3v) is 2.67. The van der Waals surface area contributed by atoms with Crippen molar-refractivity contribution >= 4 is 5.97 Å². The van der Waals surface area contributed by atoms with Crippen molar-refractivity contribution in [3.8, 4) is 0 Å². The number of ether oxygens (including phenoxy) is 1. The van der Waals surface area contributed by atoms with Gasteiger partial charge in [-0.25, -0.2) is 4.39 Å². The molecule has 0 spiro atoms. The molecule has 0 aromatic heterocycles. The number of rotatable bonds is 2. The topological polar surface area (TPSA) is 26.3 Å². The third-order valence-electron chi connectivity index (χ3n) is 2.67. The monoisotopic (exact) mass is 252 g/mol. The Morgan fingerprint density at radius 2 is 1.83 bits per heavy atom. The van der Waals surface area contributed by atoms with Crippen molar-refractivity contribution in [3.63, 3.8) is 0 Å². The van der Waals surface area contributed by atoms with E-state index in [1.807, 2.05) is 19.9 Å². The fraction of sp³-hybridized carbons (Fsp3) is 0.533. The number of carbonyl (C=O) groups is 1. The molecular formula is C15H21FO2. The fourth-order valence-electron chi connectivity index (χ4n) is 1.98. The molecule has 1 atom stereocenters. The average molecular weight is 252 g/mol. The maximum atomic E-state index is 13.9. The van der Waals surface area contributed by atoms with Gasteiger partial charge in [-0.05, 0) is 58.7 Å². The van der Waals surface area contributed by atoms with E-state index in [1.54, 1.807) is 27.7 Å². The van der Waals surface area contributed by atoms with Crippen LogP contribution in [0.4, 0.5) is 4.39 Å². The van der Waals surface area contributed by atoms with Gasteiger partial charge in [0.1, 0.15) is 11.4 Å². The molecule has 0 bridgehead atoms. The van der Waals surface area contributed by atoms with E-state index >= 15 is 0 Å². The summed E-state index contributed by atoms with van der Waals surface area (Å²) in [5.41, 5.74) is 1.51. The van der Waals surface area contributed by atoms with Gasteiger partial charge in [-0.15, -0.1) is 0 Å². The van der Waals surface area contributed by atoms with E-state index < -0.39 is 17.5 Å². The van der Waals surface area contributed by atoms with Crippen LogP contribution in [-0.4, -0.2) is 11.6 Å². The second-order valence-electron chi connectivity index (χ2n) is 5.73. The van der Waals surface area contributed by atoms with Crippen LogP contribution < -0.4 is 0 Å². The van der Waals surface area contributed by atoms with Crippen molar-refractivity contribution in [2.75, 3.05) is 0 Å². The normalized spacial score (nSPS) is 13.3. The molecule has 0 radical (unpaired) electrons. The number of aryl methyl sites for hydroxylation is 2. The maximum absolute atomic E-state index is 13.9. The zero-order valence-corrected chi connectivity index (χ0v) is 11.9. The first kappa shape index (κ1) is 14.7. The standard InChI is InChI=1S/C15H21FO2/c1-9-7-10(2)13(12(16)8-9)11(3)14(17)18-15(4,5)6/h7-8,11H,1-6H3. The van der Waals surface area contributed by atoms with E-state index in [4.69, 9.17) is 4.74 Å². The lowest BCUT2D eigenvalue weighted by atomic mass is 9.94. The van der Waals surface area contributed by atoms with E-state index in [2.05, 4.69) is 0 Å². The Labute approximate surface area is 108 Å². The quantitative estimate of drug-likeness (QED) is 0.746. The minimum atomic E-state index is -0.593. The Hall–Kier alpha value is -1.38. The highest BCUT2D eigenvalue weighted by molar-refractivity contribution is 5.78. The smallest absolute Gasteiger partial charge is 0.313 e. The molecule has 0 saturated carbocycles. The predicted octanol–water partition coefficient (Wildman–Crippen LogP) is 3.89. The fourth-order valence-corrected chi connectivity index (χ4v) is 1.98. The van der Waals surface area contributed by atoms with Crippen LogP contribution in [-0.2, 0) is 9.53 Å². The Bertz CT molecular complexity index is 435. The van der Waals surface area contributed by atoms with Gasteiger partial charge in [-0.1, -0.05) is 6.07 Å². The lowest BCUT2D eigenvalue weighted by Crippen LogP contribution is -2.27. The van der Waals surface area contributed by atoms with Crippen LogP contribution in [0.15, 0.2) is 12.1 Å². The summed E-state index contributed by atoms with van der Waals surface area (Å²) in [4.78, 5) is 12.0. The second kappa shape index (κ2) is 5.09. The molecule has 0 aliphatic heterocycles. The first-order valence-electron chi connectivity index (χ1n) is 6.11. The molecule has 0 aliphatic carbocycles. The summed E-state index contributed by atoms with van der Waals surface area (Å²) in [6, 6.07) is 3.32. The Morgan fingerprint density at radius 3 is 2.28 bits per heavy atom. The van der Waals surface area contributed by atoms with Crippen molar-refractivity contribution in [1.82, 2.24) is 0 Å². The van der Waals surface area contributed by atoms with Gasteiger partial charge < -0.3 is 4.74 Å².